The fraction of sp³-hybridized carbons (Fsp3) is 0.529. The molecule has 0 aromatic carbocycles. The van der Waals surface area contributed by atoms with Crippen LogP contribution >= 0.6 is 0 Å². The van der Waals surface area contributed by atoms with Crippen LogP contribution in [0.1, 0.15) is 43.6 Å². The Morgan fingerprint density at radius 1 is 1.28 bits per heavy atom. The Bertz CT molecular complexity index is 691. The Labute approximate surface area is 147 Å². The number of nitrogens with zero attached hydrogens (tertiary/aromatic N) is 5. The standard InChI is InChI=1S/C17H25N7O/c1-13(16-22-20-12-23(16)2)21-17(25)19-11-14-6-7-15(18-10-14)24-8-4-3-5-9-24/h6-7,10,12-13H,3-5,8-9,11H2,1-2H3,(H2,19,21,25). The summed E-state index contributed by atoms with van der Waals surface area (Å²) in [6.45, 7) is 4.46. The highest BCUT2D eigenvalue weighted by Crippen LogP contribution is 2.17. The highest BCUT2D eigenvalue weighted by molar-refractivity contribution is 5.74. The van der Waals surface area contributed by atoms with Gasteiger partial charge in [-0.2, -0.15) is 0 Å². The van der Waals surface area contributed by atoms with Gasteiger partial charge in [0.2, 0.25) is 0 Å². The predicted octanol–water partition coefficient (Wildman–Crippen LogP) is 1.76. The van der Waals surface area contributed by atoms with E-state index in [9.17, 15) is 4.79 Å². The maximum Gasteiger partial charge on any atom is 0.315 e. The monoisotopic (exact) mass is 343 g/mol. The molecule has 8 nitrogen and oxygen atoms in total. The molecule has 0 saturated carbocycles. The van der Waals surface area contributed by atoms with Gasteiger partial charge in [-0.15, -0.1) is 10.2 Å². The molecule has 1 saturated heterocycles. The van der Waals surface area contributed by atoms with Crippen LogP contribution in [-0.2, 0) is 13.6 Å². The average Bonchev–Trinajstić information content (AvgIpc) is 3.07. The van der Waals surface area contributed by atoms with Crippen LogP contribution in [0.15, 0.2) is 24.7 Å². The molecule has 0 bridgehead atoms. The highest BCUT2D eigenvalue weighted by atomic mass is 16.2. The number of nitrogens with one attached hydrogen (secondary N) is 2. The second-order valence-corrected chi connectivity index (χ2v) is 6.42. The molecule has 1 fully saturated rings. The first-order valence-electron chi connectivity index (χ1n) is 8.71. The fourth-order valence-corrected chi connectivity index (χ4v) is 3.01. The lowest BCUT2D eigenvalue weighted by atomic mass is 10.1. The zero-order valence-corrected chi connectivity index (χ0v) is 14.8. The number of carbonyl (C=O) groups is 1. The first-order chi connectivity index (χ1) is 12.1. The van der Waals surface area contributed by atoms with E-state index in [1.807, 2.05) is 32.3 Å². The zero-order valence-electron chi connectivity index (χ0n) is 14.8. The number of aromatic nitrogens is 4. The van der Waals surface area contributed by atoms with Gasteiger partial charge in [-0.1, -0.05) is 6.07 Å². The van der Waals surface area contributed by atoms with E-state index >= 15 is 0 Å². The summed E-state index contributed by atoms with van der Waals surface area (Å²) in [6, 6.07) is 3.59. The van der Waals surface area contributed by atoms with Gasteiger partial charge in [0, 0.05) is 32.9 Å². The van der Waals surface area contributed by atoms with Gasteiger partial charge in [0.15, 0.2) is 5.82 Å². The van der Waals surface area contributed by atoms with E-state index in [-0.39, 0.29) is 12.1 Å². The van der Waals surface area contributed by atoms with Gasteiger partial charge in [-0.25, -0.2) is 9.78 Å². The van der Waals surface area contributed by atoms with E-state index < -0.39 is 0 Å². The van der Waals surface area contributed by atoms with Crippen LogP contribution in [0.25, 0.3) is 0 Å². The second kappa shape index (κ2) is 7.96. The number of amides is 2. The molecule has 134 valence electrons. The minimum absolute atomic E-state index is 0.216. The van der Waals surface area contributed by atoms with E-state index in [0.717, 1.165) is 24.5 Å². The lowest BCUT2D eigenvalue weighted by Crippen LogP contribution is -2.37. The molecule has 2 aromatic rings. The number of rotatable bonds is 5. The predicted molar refractivity (Wildman–Crippen MR) is 95.1 cm³/mol. The summed E-state index contributed by atoms with van der Waals surface area (Å²) in [6.07, 6.45) is 7.21. The van der Waals surface area contributed by atoms with Crippen LogP contribution < -0.4 is 15.5 Å². The van der Waals surface area contributed by atoms with Crippen LogP contribution in [0.3, 0.4) is 0 Å². The maximum absolute atomic E-state index is 12.0. The molecule has 3 heterocycles. The summed E-state index contributed by atoms with van der Waals surface area (Å²) >= 11 is 0. The number of hydrogen-bond acceptors (Lipinski definition) is 5. The molecular weight excluding hydrogens is 318 g/mol. The molecule has 0 radical (unpaired) electrons. The van der Waals surface area contributed by atoms with Crippen LogP contribution in [-0.4, -0.2) is 38.9 Å². The second-order valence-electron chi connectivity index (χ2n) is 6.42. The van der Waals surface area contributed by atoms with Gasteiger partial charge in [0.05, 0.1) is 6.04 Å². The van der Waals surface area contributed by atoms with Gasteiger partial charge in [-0.3, -0.25) is 0 Å². The summed E-state index contributed by atoms with van der Waals surface area (Å²) in [7, 11) is 1.85. The first-order valence-corrected chi connectivity index (χ1v) is 8.71. The molecule has 3 rings (SSSR count). The summed E-state index contributed by atoms with van der Waals surface area (Å²) in [5.74, 6) is 1.73. The van der Waals surface area contributed by atoms with Crippen molar-refractivity contribution in [2.75, 3.05) is 18.0 Å². The minimum Gasteiger partial charge on any atom is -0.357 e. The van der Waals surface area contributed by atoms with Crippen molar-refractivity contribution in [3.05, 3.63) is 36.0 Å². The van der Waals surface area contributed by atoms with Crippen molar-refractivity contribution >= 4 is 11.8 Å². The third kappa shape index (κ3) is 4.46. The summed E-state index contributed by atoms with van der Waals surface area (Å²) in [4.78, 5) is 18.9. The third-order valence-electron chi connectivity index (χ3n) is 4.42. The van der Waals surface area contributed by atoms with Crippen molar-refractivity contribution in [3.63, 3.8) is 0 Å². The SMILES string of the molecule is CC(NC(=O)NCc1ccc(N2CCCCC2)nc1)c1nncn1C. The maximum atomic E-state index is 12.0. The molecule has 0 spiro atoms. The third-order valence-corrected chi connectivity index (χ3v) is 4.42. The van der Waals surface area contributed by atoms with E-state index in [4.69, 9.17) is 0 Å². The number of aryl methyl sites for hydroxylation is 1. The zero-order chi connectivity index (χ0) is 17.6. The molecule has 1 atom stereocenters. The van der Waals surface area contributed by atoms with Crippen molar-refractivity contribution in [2.24, 2.45) is 7.05 Å². The largest absolute Gasteiger partial charge is 0.357 e. The molecule has 1 aliphatic rings. The smallest absolute Gasteiger partial charge is 0.315 e. The van der Waals surface area contributed by atoms with Crippen LogP contribution in [0.2, 0.25) is 0 Å². The molecule has 25 heavy (non-hydrogen) atoms. The number of hydrogen-bond donors (Lipinski definition) is 2. The molecule has 8 heteroatoms. The Morgan fingerprint density at radius 3 is 2.72 bits per heavy atom. The molecule has 2 aromatic heterocycles. The Morgan fingerprint density at radius 2 is 2.08 bits per heavy atom. The van der Waals surface area contributed by atoms with Crippen LogP contribution in [0.5, 0.6) is 0 Å². The fourth-order valence-electron chi connectivity index (χ4n) is 3.01. The number of pyridine rings is 1. The van der Waals surface area contributed by atoms with Gasteiger partial charge >= 0.3 is 6.03 Å². The van der Waals surface area contributed by atoms with Crippen LogP contribution in [0.4, 0.5) is 10.6 Å². The minimum atomic E-state index is -0.240. The number of piperidine rings is 1. The molecule has 1 unspecified atom stereocenters. The lowest BCUT2D eigenvalue weighted by Gasteiger charge is -2.27. The lowest BCUT2D eigenvalue weighted by molar-refractivity contribution is 0.237. The number of urea groups is 1. The van der Waals surface area contributed by atoms with Crippen molar-refractivity contribution in [2.45, 2.75) is 38.8 Å². The Balaban J connectivity index is 1.47. The van der Waals surface area contributed by atoms with Crippen molar-refractivity contribution < 1.29 is 4.79 Å². The topological polar surface area (TPSA) is 88.0 Å². The first kappa shape index (κ1) is 17.2. The van der Waals surface area contributed by atoms with Crippen molar-refractivity contribution in [1.29, 1.82) is 0 Å². The van der Waals surface area contributed by atoms with E-state index in [1.165, 1.54) is 19.3 Å². The van der Waals surface area contributed by atoms with Gasteiger partial charge in [0.1, 0.15) is 12.1 Å². The van der Waals surface area contributed by atoms with Gasteiger partial charge in [-0.05, 0) is 37.8 Å². The highest BCUT2D eigenvalue weighted by Gasteiger charge is 2.14. The molecule has 1 aliphatic heterocycles. The van der Waals surface area contributed by atoms with Crippen LogP contribution in [0, 0.1) is 0 Å². The normalized spacial score (nSPS) is 15.7. The Kier molecular flexibility index (Phi) is 5.47. The van der Waals surface area contributed by atoms with E-state index in [2.05, 4.69) is 30.7 Å². The number of carbonyl (C=O) groups excluding carboxylic acids is 1. The van der Waals surface area contributed by atoms with E-state index in [0.29, 0.717) is 12.4 Å². The average molecular weight is 343 g/mol. The quantitative estimate of drug-likeness (QED) is 0.864. The van der Waals surface area contributed by atoms with Gasteiger partial charge in [0.25, 0.3) is 0 Å². The summed E-state index contributed by atoms with van der Waals surface area (Å²) in [5, 5.41) is 13.5. The summed E-state index contributed by atoms with van der Waals surface area (Å²) in [5.41, 5.74) is 0.974. The summed E-state index contributed by atoms with van der Waals surface area (Å²) < 4.78 is 1.79. The number of anilines is 1. The molecular formula is C17H25N7O. The van der Waals surface area contributed by atoms with E-state index in [1.54, 1.807) is 10.9 Å². The van der Waals surface area contributed by atoms with Gasteiger partial charge < -0.3 is 20.1 Å². The Hall–Kier alpha value is -2.64. The van der Waals surface area contributed by atoms with Crippen molar-refractivity contribution in [3.8, 4) is 0 Å². The molecule has 2 amide bonds. The van der Waals surface area contributed by atoms with Crippen molar-refractivity contribution in [1.82, 2.24) is 30.4 Å². The molecule has 0 aliphatic carbocycles. The molecule has 2 N–H and O–H groups in total.